The van der Waals surface area contributed by atoms with Gasteiger partial charge < -0.3 is 10.5 Å². The normalized spacial score (nSPS) is 30.3. The van der Waals surface area contributed by atoms with Crippen LogP contribution in [-0.2, 0) is 14.6 Å². The summed E-state index contributed by atoms with van der Waals surface area (Å²) in [5.74, 6) is -0.257. The van der Waals surface area contributed by atoms with Crippen LogP contribution in [0, 0.1) is 0 Å². The summed E-state index contributed by atoms with van der Waals surface area (Å²) >= 11 is 5.95. The molecule has 2 rings (SSSR count). The highest BCUT2D eigenvalue weighted by molar-refractivity contribution is 7.91. The zero-order chi connectivity index (χ0) is 14.3. The van der Waals surface area contributed by atoms with Crippen LogP contribution in [0.15, 0.2) is 24.3 Å². The summed E-state index contributed by atoms with van der Waals surface area (Å²) in [5.41, 5.74) is 6.24. The van der Waals surface area contributed by atoms with Gasteiger partial charge in [-0.3, -0.25) is 0 Å². The zero-order valence-corrected chi connectivity index (χ0v) is 12.5. The number of hydrogen-bond donors (Lipinski definition) is 1. The third-order valence-electron chi connectivity index (χ3n) is 3.53. The Bertz CT molecular complexity index is 575. The summed E-state index contributed by atoms with van der Waals surface area (Å²) in [7, 11) is -3.23. The van der Waals surface area contributed by atoms with Crippen LogP contribution in [0.25, 0.3) is 0 Å². The molecule has 1 fully saturated rings. The zero-order valence-electron chi connectivity index (χ0n) is 11.0. The first-order chi connectivity index (χ1) is 8.80. The Morgan fingerprint density at radius 1 is 1.47 bits per heavy atom. The average Bonchev–Trinajstić information content (AvgIpc) is 2.94. The number of sulfone groups is 1. The van der Waals surface area contributed by atoms with Crippen LogP contribution in [-0.4, -0.2) is 38.7 Å². The maximum absolute atomic E-state index is 11.9. The van der Waals surface area contributed by atoms with Crippen molar-refractivity contribution in [2.75, 3.05) is 19.5 Å². The van der Waals surface area contributed by atoms with Gasteiger partial charge in [0, 0.05) is 23.8 Å². The molecule has 0 unspecified atom stereocenters. The molecule has 0 aliphatic heterocycles. The molecule has 0 spiro atoms. The Morgan fingerprint density at radius 2 is 2.16 bits per heavy atom. The van der Waals surface area contributed by atoms with E-state index in [2.05, 4.69) is 0 Å². The fourth-order valence-electron chi connectivity index (χ4n) is 2.70. The van der Waals surface area contributed by atoms with Crippen LogP contribution in [0.1, 0.15) is 18.4 Å². The molecule has 1 aliphatic carbocycles. The van der Waals surface area contributed by atoms with E-state index >= 15 is 0 Å². The molecule has 1 aromatic carbocycles. The number of halogens is 1. The van der Waals surface area contributed by atoms with Gasteiger partial charge in [-0.25, -0.2) is 8.42 Å². The van der Waals surface area contributed by atoms with E-state index in [4.69, 9.17) is 22.1 Å². The summed E-state index contributed by atoms with van der Waals surface area (Å²) in [6.07, 6.45) is 1.22. The number of benzene rings is 1. The van der Waals surface area contributed by atoms with Gasteiger partial charge in [0.25, 0.3) is 0 Å². The molecular weight excluding hydrogens is 286 g/mol. The van der Waals surface area contributed by atoms with E-state index in [1.54, 1.807) is 18.2 Å². The molecule has 2 N–H and O–H groups in total. The molecule has 19 heavy (non-hydrogen) atoms. The molecule has 6 heteroatoms. The van der Waals surface area contributed by atoms with E-state index in [0.717, 1.165) is 5.56 Å². The van der Waals surface area contributed by atoms with Crippen molar-refractivity contribution in [1.82, 2.24) is 0 Å². The second-order valence-electron chi connectivity index (χ2n) is 5.03. The molecule has 1 aromatic rings. The second kappa shape index (κ2) is 5.05. The van der Waals surface area contributed by atoms with Crippen LogP contribution < -0.4 is 5.73 Å². The molecule has 106 valence electrons. The van der Waals surface area contributed by atoms with Gasteiger partial charge in [0.2, 0.25) is 0 Å². The summed E-state index contributed by atoms with van der Waals surface area (Å²) in [4.78, 5) is 0. The first kappa shape index (κ1) is 14.8. The van der Waals surface area contributed by atoms with Crippen molar-refractivity contribution in [3.63, 3.8) is 0 Å². The smallest absolute Gasteiger partial charge is 0.152 e. The van der Waals surface area contributed by atoms with E-state index in [1.807, 2.05) is 13.0 Å². The van der Waals surface area contributed by atoms with E-state index in [-0.39, 0.29) is 12.5 Å². The van der Waals surface area contributed by atoms with Gasteiger partial charge in [-0.05, 0) is 24.6 Å². The van der Waals surface area contributed by atoms with Crippen molar-refractivity contribution in [3.05, 3.63) is 34.9 Å². The Balaban J connectivity index is 2.33. The predicted molar refractivity (Wildman–Crippen MR) is 76.2 cm³/mol. The Morgan fingerprint density at radius 3 is 2.68 bits per heavy atom. The van der Waals surface area contributed by atoms with Gasteiger partial charge in [0.15, 0.2) is 9.84 Å². The standard InChI is InChI=1S/C13H18ClNO3S/c1-3-18-8-13(15)11(12(13)19(2,16)17)9-5-4-6-10(14)7-9/h4-7,11-12H,3,8,15H2,1-2H3/t11-,12+,13+/m1/s1. The highest BCUT2D eigenvalue weighted by Crippen LogP contribution is 2.54. The largest absolute Gasteiger partial charge is 0.380 e. The molecule has 0 saturated heterocycles. The van der Waals surface area contributed by atoms with Crippen molar-refractivity contribution in [3.8, 4) is 0 Å². The van der Waals surface area contributed by atoms with E-state index < -0.39 is 20.6 Å². The van der Waals surface area contributed by atoms with Crippen LogP contribution in [0.4, 0.5) is 0 Å². The quantitative estimate of drug-likeness (QED) is 0.897. The predicted octanol–water partition coefficient (Wildman–Crippen LogP) is 1.58. The van der Waals surface area contributed by atoms with Crippen molar-refractivity contribution in [2.24, 2.45) is 5.73 Å². The van der Waals surface area contributed by atoms with Gasteiger partial charge in [-0.2, -0.15) is 0 Å². The van der Waals surface area contributed by atoms with Gasteiger partial charge in [0.05, 0.1) is 17.4 Å². The Hall–Kier alpha value is -0.620. The molecule has 0 bridgehead atoms. The minimum Gasteiger partial charge on any atom is -0.380 e. The molecule has 3 atom stereocenters. The maximum Gasteiger partial charge on any atom is 0.152 e. The molecule has 0 heterocycles. The minimum absolute atomic E-state index is 0.235. The van der Waals surface area contributed by atoms with E-state index in [0.29, 0.717) is 11.6 Å². The van der Waals surface area contributed by atoms with Crippen molar-refractivity contribution < 1.29 is 13.2 Å². The molecule has 4 nitrogen and oxygen atoms in total. The Kier molecular flexibility index (Phi) is 3.93. The fraction of sp³-hybridized carbons (Fsp3) is 0.538. The molecular formula is C13H18ClNO3S. The molecule has 0 aromatic heterocycles. The SMILES string of the molecule is CCOC[C@]1(N)[C@H](c2cccc(Cl)c2)[C@@H]1S(C)(=O)=O. The first-order valence-electron chi connectivity index (χ1n) is 6.11. The molecule has 0 amide bonds. The van der Waals surface area contributed by atoms with Crippen LogP contribution in [0.3, 0.4) is 0 Å². The lowest BCUT2D eigenvalue weighted by atomic mass is 10.1. The molecule has 1 aliphatic rings. The number of hydrogen-bond acceptors (Lipinski definition) is 4. The summed E-state index contributed by atoms with van der Waals surface area (Å²) in [6.45, 7) is 2.60. The highest BCUT2D eigenvalue weighted by atomic mass is 35.5. The van der Waals surface area contributed by atoms with E-state index in [1.165, 1.54) is 6.26 Å². The third kappa shape index (κ3) is 2.79. The lowest BCUT2D eigenvalue weighted by Gasteiger charge is -2.11. The number of rotatable bonds is 5. The maximum atomic E-state index is 11.9. The lowest BCUT2D eigenvalue weighted by Crippen LogP contribution is -2.36. The summed E-state index contributed by atoms with van der Waals surface area (Å²) in [6, 6.07) is 7.18. The third-order valence-corrected chi connectivity index (χ3v) is 5.40. The number of nitrogens with two attached hydrogens (primary N) is 1. The van der Waals surface area contributed by atoms with Crippen molar-refractivity contribution >= 4 is 21.4 Å². The summed E-state index contributed by atoms with van der Waals surface area (Å²) in [5, 5.41) is -0.0274. The van der Waals surface area contributed by atoms with Crippen LogP contribution >= 0.6 is 11.6 Å². The van der Waals surface area contributed by atoms with Crippen molar-refractivity contribution in [1.29, 1.82) is 0 Å². The number of ether oxygens (including phenoxy) is 1. The first-order valence-corrected chi connectivity index (χ1v) is 8.45. The monoisotopic (exact) mass is 303 g/mol. The van der Waals surface area contributed by atoms with Gasteiger partial charge in [0.1, 0.15) is 0 Å². The van der Waals surface area contributed by atoms with Crippen LogP contribution in [0.2, 0.25) is 5.02 Å². The average molecular weight is 304 g/mol. The molecule has 0 radical (unpaired) electrons. The topological polar surface area (TPSA) is 69.4 Å². The minimum atomic E-state index is -3.23. The summed E-state index contributed by atoms with van der Waals surface area (Å²) < 4.78 is 29.1. The van der Waals surface area contributed by atoms with Gasteiger partial charge in [-0.1, -0.05) is 23.7 Å². The lowest BCUT2D eigenvalue weighted by molar-refractivity contribution is 0.125. The van der Waals surface area contributed by atoms with Crippen LogP contribution in [0.5, 0.6) is 0 Å². The van der Waals surface area contributed by atoms with Gasteiger partial charge >= 0.3 is 0 Å². The van der Waals surface area contributed by atoms with Gasteiger partial charge in [-0.15, -0.1) is 0 Å². The highest BCUT2D eigenvalue weighted by Gasteiger charge is 2.68. The Labute approximate surface area is 118 Å². The van der Waals surface area contributed by atoms with E-state index in [9.17, 15) is 8.42 Å². The van der Waals surface area contributed by atoms with Crippen molar-refractivity contribution in [2.45, 2.75) is 23.6 Å². The molecule has 1 saturated carbocycles. The second-order valence-corrected chi connectivity index (χ2v) is 7.64. The fourth-order valence-corrected chi connectivity index (χ4v) is 4.74.